The zero-order valence-corrected chi connectivity index (χ0v) is 21.4. The normalized spacial score (nSPS) is 22.1. The summed E-state index contributed by atoms with van der Waals surface area (Å²) in [5.41, 5.74) is 1.59. The molecule has 1 amide bonds. The lowest BCUT2D eigenvalue weighted by molar-refractivity contribution is -0.162. The molecule has 1 aliphatic carbocycles. The maximum absolute atomic E-state index is 13.7. The number of hydrogen-bond donors (Lipinski definition) is 2. The van der Waals surface area contributed by atoms with E-state index in [1.54, 1.807) is 50.3 Å². The van der Waals surface area contributed by atoms with Crippen LogP contribution in [0, 0.1) is 17.2 Å². The molecule has 3 unspecified atom stereocenters. The number of nitrogens with zero attached hydrogens (tertiary/aromatic N) is 3. The van der Waals surface area contributed by atoms with Gasteiger partial charge in [0.2, 0.25) is 6.41 Å². The third kappa shape index (κ3) is 6.30. The summed E-state index contributed by atoms with van der Waals surface area (Å²) in [7, 11) is 1.53. The molecule has 198 valence electrons. The minimum Gasteiger partial charge on any atom is -0.478 e. The van der Waals surface area contributed by atoms with Gasteiger partial charge in [0.05, 0.1) is 29.2 Å². The molecular formula is C27H31F3N4O3. The Balaban J connectivity index is 2.84. The minimum absolute atomic E-state index is 0.0972. The highest BCUT2D eigenvalue weighted by Gasteiger charge is 2.44. The molecule has 0 aromatic carbocycles. The maximum atomic E-state index is 13.7. The molecule has 0 saturated carbocycles. The van der Waals surface area contributed by atoms with Gasteiger partial charge in [0.1, 0.15) is 0 Å². The van der Waals surface area contributed by atoms with Crippen molar-refractivity contribution in [2.45, 2.75) is 52.6 Å². The average Bonchev–Trinajstić information content (AvgIpc) is 2.82. The molecule has 1 heterocycles. The van der Waals surface area contributed by atoms with Gasteiger partial charge >= 0.3 is 12.1 Å². The highest BCUT2D eigenvalue weighted by atomic mass is 19.4. The Bertz CT molecular complexity index is 1170. The monoisotopic (exact) mass is 516 g/mol. The highest BCUT2D eigenvalue weighted by Crippen LogP contribution is 2.37. The van der Waals surface area contributed by atoms with Crippen molar-refractivity contribution in [2.24, 2.45) is 5.92 Å². The number of amides is 1. The third-order valence-corrected chi connectivity index (χ3v) is 6.25. The van der Waals surface area contributed by atoms with E-state index in [0.717, 1.165) is 6.08 Å². The number of carbonyl (C=O) groups is 2. The second-order valence-corrected chi connectivity index (χ2v) is 8.51. The predicted octanol–water partition coefficient (Wildman–Crippen LogP) is 4.93. The minimum atomic E-state index is -4.50. The molecule has 0 aromatic rings. The first-order valence-electron chi connectivity index (χ1n) is 11.7. The topological polar surface area (TPSA) is 96.7 Å². The zero-order chi connectivity index (χ0) is 27.9. The largest absolute Gasteiger partial charge is 0.478 e. The van der Waals surface area contributed by atoms with Gasteiger partial charge in [-0.05, 0) is 63.6 Å². The first kappa shape index (κ1) is 29.4. The first-order chi connectivity index (χ1) is 17.5. The van der Waals surface area contributed by atoms with Crippen molar-refractivity contribution < 1.29 is 27.9 Å². The van der Waals surface area contributed by atoms with Crippen molar-refractivity contribution in [3.05, 3.63) is 82.3 Å². The summed E-state index contributed by atoms with van der Waals surface area (Å²) in [5.74, 6) is -3.11. The van der Waals surface area contributed by atoms with Crippen molar-refractivity contribution in [1.82, 2.24) is 15.1 Å². The average molecular weight is 517 g/mol. The van der Waals surface area contributed by atoms with Gasteiger partial charge in [0.25, 0.3) is 0 Å². The van der Waals surface area contributed by atoms with Crippen molar-refractivity contribution in [3.8, 4) is 6.07 Å². The van der Waals surface area contributed by atoms with Crippen LogP contribution in [0.4, 0.5) is 13.2 Å². The van der Waals surface area contributed by atoms with Crippen LogP contribution in [0.5, 0.6) is 0 Å². The summed E-state index contributed by atoms with van der Waals surface area (Å²) in [4.78, 5) is 27.6. The van der Waals surface area contributed by atoms with E-state index >= 15 is 0 Å². The summed E-state index contributed by atoms with van der Waals surface area (Å²) < 4.78 is 41.0. The molecule has 0 spiro atoms. The SMILES string of the molecule is C/C=C\C(=C/C(CC)C(F)(F)F)N1C(C)=C(C(=O)O)C(C2=CC=CC(C)=C(C#N)C=C2)N(C=O)C1NC. The summed E-state index contributed by atoms with van der Waals surface area (Å²) in [6.45, 7) is 6.32. The van der Waals surface area contributed by atoms with Crippen LogP contribution in [0.25, 0.3) is 0 Å². The van der Waals surface area contributed by atoms with E-state index in [1.165, 1.54) is 36.8 Å². The first-order valence-corrected chi connectivity index (χ1v) is 11.7. The van der Waals surface area contributed by atoms with Gasteiger partial charge in [0, 0.05) is 11.4 Å². The zero-order valence-electron chi connectivity index (χ0n) is 21.4. The molecule has 0 aromatic heterocycles. The molecule has 10 heteroatoms. The molecule has 0 fully saturated rings. The lowest BCUT2D eigenvalue weighted by atomic mass is 9.90. The molecule has 1 aliphatic heterocycles. The van der Waals surface area contributed by atoms with E-state index in [0.29, 0.717) is 23.1 Å². The van der Waals surface area contributed by atoms with Crippen LogP contribution in [0.3, 0.4) is 0 Å². The van der Waals surface area contributed by atoms with Gasteiger partial charge in [-0.2, -0.15) is 18.4 Å². The highest BCUT2D eigenvalue weighted by molar-refractivity contribution is 5.91. The molecule has 0 bridgehead atoms. The number of carboxylic acid groups (broad SMARTS) is 1. The summed E-state index contributed by atoms with van der Waals surface area (Å²) >= 11 is 0. The molecular weight excluding hydrogens is 485 g/mol. The fourth-order valence-corrected chi connectivity index (χ4v) is 4.38. The van der Waals surface area contributed by atoms with Crippen LogP contribution >= 0.6 is 0 Å². The lowest BCUT2D eigenvalue weighted by Gasteiger charge is -2.48. The summed E-state index contributed by atoms with van der Waals surface area (Å²) in [5, 5.41) is 22.6. The Morgan fingerprint density at radius 3 is 2.46 bits per heavy atom. The van der Waals surface area contributed by atoms with Crippen LogP contribution in [-0.4, -0.2) is 52.8 Å². The van der Waals surface area contributed by atoms with E-state index in [9.17, 15) is 33.1 Å². The fraction of sp³-hybridized carbons (Fsp3) is 0.370. The van der Waals surface area contributed by atoms with Crippen molar-refractivity contribution >= 4 is 12.4 Å². The van der Waals surface area contributed by atoms with Gasteiger partial charge in [-0.3, -0.25) is 10.1 Å². The predicted molar refractivity (Wildman–Crippen MR) is 134 cm³/mol. The van der Waals surface area contributed by atoms with Crippen molar-refractivity contribution in [2.75, 3.05) is 7.05 Å². The van der Waals surface area contributed by atoms with E-state index in [-0.39, 0.29) is 23.4 Å². The number of carboxylic acids is 1. The van der Waals surface area contributed by atoms with E-state index in [1.807, 2.05) is 0 Å². The van der Waals surface area contributed by atoms with Crippen molar-refractivity contribution in [1.29, 1.82) is 5.26 Å². The molecule has 0 saturated heterocycles. The Kier molecular flexibility index (Phi) is 9.86. The second kappa shape index (κ2) is 12.4. The molecule has 2 rings (SSSR count). The molecule has 2 N–H and O–H groups in total. The molecule has 3 atom stereocenters. The number of hydrogen-bond acceptors (Lipinski definition) is 5. The standard InChI is InChI=1S/C27H31F3N4O3/c1-6-9-22(14-21(7-2)27(28,29)30)34-18(4)23(25(36)37)24(33(16-35)26(34)32-5)19-11-8-10-17(3)20(15-31)13-12-19/h6,8-14,16,21,24,26,32H,7H2,1-5H3,(H,36,37)/b9-6-,10-8?,11-8?,13-12?,17-10?,19-11?,19-12?,20-13?,20-17?,22-14+. The van der Waals surface area contributed by atoms with E-state index < -0.39 is 30.4 Å². The molecule has 37 heavy (non-hydrogen) atoms. The van der Waals surface area contributed by atoms with Gasteiger partial charge in [0.15, 0.2) is 6.29 Å². The number of carbonyl (C=O) groups excluding carboxylic acids is 1. The van der Waals surface area contributed by atoms with Crippen LogP contribution in [-0.2, 0) is 9.59 Å². The van der Waals surface area contributed by atoms with Crippen LogP contribution in [0.2, 0.25) is 0 Å². The number of rotatable bonds is 8. The molecule has 2 aliphatic rings. The number of aliphatic carboxylic acids is 1. The van der Waals surface area contributed by atoms with Crippen molar-refractivity contribution in [3.63, 3.8) is 0 Å². The number of nitrogens with one attached hydrogen (secondary N) is 1. The summed E-state index contributed by atoms with van der Waals surface area (Å²) in [6.07, 6.45) is 6.91. The number of halogens is 3. The smallest absolute Gasteiger partial charge is 0.395 e. The van der Waals surface area contributed by atoms with Crippen LogP contribution in [0.15, 0.2) is 82.3 Å². The molecule has 7 nitrogen and oxygen atoms in total. The van der Waals surface area contributed by atoms with Gasteiger partial charge in [-0.1, -0.05) is 37.3 Å². The van der Waals surface area contributed by atoms with E-state index in [4.69, 9.17) is 0 Å². The Hall–Kier alpha value is -3.84. The van der Waals surface area contributed by atoms with Gasteiger partial charge in [-0.25, -0.2) is 4.79 Å². The quantitative estimate of drug-likeness (QED) is 0.351. The van der Waals surface area contributed by atoms with Gasteiger partial charge < -0.3 is 14.9 Å². The third-order valence-electron chi connectivity index (χ3n) is 6.25. The molecule has 0 radical (unpaired) electrons. The Morgan fingerprint density at radius 1 is 1.30 bits per heavy atom. The fourth-order valence-electron chi connectivity index (χ4n) is 4.38. The Labute approximate surface area is 214 Å². The number of nitriles is 1. The number of allylic oxidation sites excluding steroid dienone is 10. The number of alkyl halides is 3. The Morgan fingerprint density at radius 2 is 1.97 bits per heavy atom. The van der Waals surface area contributed by atoms with E-state index in [2.05, 4.69) is 11.4 Å². The maximum Gasteiger partial charge on any atom is 0.395 e. The summed E-state index contributed by atoms with van der Waals surface area (Å²) in [6, 6.07) is 0.996. The second-order valence-electron chi connectivity index (χ2n) is 8.51. The van der Waals surface area contributed by atoms with Gasteiger partial charge in [-0.15, -0.1) is 0 Å². The van der Waals surface area contributed by atoms with Crippen LogP contribution in [0.1, 0.15) is 34.1 Å². The lowest BCUT2D eigenvalue weighted by Crippen LogP contribution is -2.62. The van der Waals surface area contributed by atoms with Crippen LogP contribution < -0.4 is 5.32 Å².